The molecule has 310 valence electrons. The van der Waals surface area contributed by atoms with E-state index in [9.17, 15) is 19.0 Å². The first-order valence-corrected chi connectivity index (χ1v) is 22.4. The summed E-state index contributed by atoms with van der Waals surface area (Å²) in [5.41, 5.74) is 5.34. The van der Waals surface area contributed by atoms with E-state index in [1.807, 2.05) is 0 Å². The van der Waals surface area contributed by atoms with Crippen LogP contribution in [0, 0.1) is 0 Å². The molecule has 1 heterocycles. The molecule has 0 aromatic carbocycles. The number of rotatable bonds is 37. The predicted molar refractivity (Wildman–Crippen MR) is 219 cm³/mol. The van der Waals surface area contributed by atoms with Crippen molar-refractivity contribution in [3.05, 3.63) is 60.8 Å². The van der Waals surface area contributed by atoms with Gasteiger partial charge >= 0.3 is 19.8 Å². The van der Waals surface area contributed by atoms with Crippen LogP contribution in [-0.2, 0) is 37.4 Å². The molecule has 4 atom stereocenters. The van der Waals surface area contributed by atoms with Crippen LogP contribution < -0.4 is 5.73 Å². The van der Waals surface area contributed by atoms with Crippen molar-refractivity contribution in [1.29, 1.82) is 0 Å². The van der Waals surface area contributed by atoms with E-state index in [0.717, 1.165) is 70.6 Å². The van der Waals surface area contributed by atoms with Crippen molar-refractivity contribution in [2.24, 2.45) is 5.73 Å². The number of epoxide rings is 1. The predicted octanol–water partition coefficient (Wildman–Crippen LogP) is 10.7. The average Bonchev–Trinajstić information content (AvgIpc) is 3.91. The van der Waals surface area contributed by atoms with Crippen molar-refractivity contribution in [1.82, 2.24) is 0 Å². The second kappa shape index (κ2) is 35.1. The van der Waals surface area contributed by atoms with Crippen molar-refractivity contribution in [2.45, 2.75) is 173 Å². The monoisotopic (exact) mass is 780 g/mol. The lowest BCUT2D eigenvalue weighted by molar-refractivity contribution is -0.161. The lowest BCUT2D eigenvalue weighted by Gasteiger charge is -2.19. The van der Waals surface area contributed by atoms with E-state index in [1.54, 1.807) is 0 Å². The van der Waals surface area contributed by atoms with E-state index in [1.165, 1.54) is 44.9 Å². The number of allylic oxidation sites excluding steroid dienone is 8. The molecule has 0 aromatic heterocycles. The Labute approximate surface area is 327 Å². The van der Waals surface area contributed by atoms with E-state index in [2.05, 4.69) is 74.6 Å². The quantitative estimate of drug-likeness (QED) is 0.0205. The van der Waals surface area contributed by atoms with Gasteiger partial charge in [0.2, 0.25) is 0 Å². The molecule has 3 unspecified atom stereocenters. The third kappa shape index (κ3) is 32.0. The van der Waals surface area contributed by atoms with Crippen molar-refractivity contribution >= 4 is 19.8 Å². The van der Waals surface area contributed by atoms with Crippen LogP contribution in [0.1, 0.15) is 155 Å². The molecule has 0 bridgehead atoms. The maximum Gasteiger partial charge on any atom is 0.472 e. The Morgan fingerprint density at radius 1 is 0.648 bits per heavy atom. The number of hydrogen-bond donors (Lipinski definition) is 2. The van der Waals surface area contributed by atoms with Gasteiger partial charge in [0, 0.05) is 19.4 Å². The number of esters is 2. The van der Waals surface area contributed by atoms with E-state index in [0.29, 0.717) is 12.8 Å². The first-order chi connectivity index (χ1) is 26.3. The number of phosphoric ester groups is 1. The highest BCUT2D eigenvalue weighted by atomic mass is 31.2. The van der Waals surface area contributed by atoms with Crippen molar-refractivity contribution in [2.75, 3.05) is 26.4 Å². The third-order valence-corrected chi connectivity index (χ3v) is 9.76. The molecule has 0 saturated carbocycles. The molecule has 0 aromatic rings. The van der Waals surface area contributed by atoms with Crippen molar-refractivity contribution < 1.29 is 42.3 Å². The number of carbonyl (C=O) groups is 2. The summed E-state index contributed by atoms with van der Waals surface area (Å²) in [6.07, 6.45) is 42.8. The summed E-state index contributed by atoms with van der Waals surface area (Å²) in [6.45, 7) is 3.56. The van der Waals surface area contributed by atoms with Gasteiger partial charge in [-0.1, -0.05) is 120 Å². The van der Waals surface area contributed by atoms with Gasteiger partial charge in [-0.2, -0.15) is 0 Å². The van der Waals surface area contributed by atoms with Gasteiger partial charge in [0.05, 0.1) is 25.4 Å². The van der Waals surface area contributed by atoms with Crippen LogP contribution in [0.3, 0.4) is 0 Å². The summed E-state index contributed by atoms with van der Waals surface area (Å²) in [6, 6.07) is 0. The fourth-order valence-electron chi connectivity index (χ4n) is 5.52. The summed E-state index contributed by atoms with van der Waals surface area (Å²) >= 11 is 0. The molecule has 1 rings (SSSR count). The van der Waals surface area contributed by atoms with Crippen molar-refractivity contribution in [3.8, 4) is 0 Å². The molecule has 0 aliphatic carbocycles. The smallest absolute Gasteiger partial charge is 0.462 e. The molecular weight excluding hydrogens is 705 g/mol. The minimum atomic E-state index is -4.40. The molecule has 1 saturated heterocycles. The van der Waals surface area contributed by atoms with E-state index in [-0.39, 0.29) is 44.8 Å². The molecule has 54 heavy (non-hydrogen) atoms. The number of hydrogen-bond acceptors (Lipinski definition) is 9. The summed E-state index contributed by atoms with van der Waals surface area (Å²) in [5.74, 6) is -0.924. The van der Waals surface area contributed by atoms with Crippen LogP contribution in [0.25, 0.3) is 0 Å². The largest absolute Gasteiger partial charge is 0.472 e. The number of nitrogens with two attached hydrogens (primary N) is 1. The molecule has 0 amide bonds. The first-order valence-electron chi connectivity index (χ1n) is 20.9. The second-order valence-electron chi connectivity index (χ2n) is 13.9. The summed E-state index contributed by atoms with van der Waals surface area (Å²) in [7, 11) is -4.40. The Bertz CT molecular complexity index is 1140. The Kier molecular flexibility index (Phi) is 32.3. The lowest BCUT2D eigenvalue weighted by atomic mass is 10.1. The van der Waals surface area contributed by atoms with Gasteiger partial charge in [-0.25, -0.2) is 4.57 Å². The van der Waals surface area contributed by atoms with E-state index < -0.39 is 32.5 Å². The van der Waals surface area contributed by atoms with Gasteiger partial charge < -0.3 is 24.8 Å². The zero-order valence-corrected chi connectivity index (χ0v) is 34.5. The van der Waals surface area contributed by atoms with Gasteiger partial charge in [-0.15, -0.1) is 0 Å². The fraction of sp³-hybridized carbons (Fsp3) is 0.721. The zero-order valence-electron chi connectivity index (χ0n) is 33.6. The molecule has 11 heteroatoms. The van der Waals surface area contributed by atoms with Crippen LogP contribution in [0.2, 0.25) is 0 Å². The number of phosphoric acid groups is 1. The molecule has 10 nitrogen and oxygen atoms in total. The van der Waals surface area contributed by atoms with Crippen LogP contribution in [0.5, 0.6) is 0 Å². The summed E-state index contributed by atoms with van der Waals surface area (Å²) in [4.78, 5) is 34.9. The minimum Gasteiger partial charge on any atom is -0.462 e. The maximum atomic E-state index is 12.6. The van der Waals surface area contributed by atoms with Gasteiger partial charge in [-0.3, -0.25) is 18.6 Å². The number of ether oxygens (including phenoxy) is 3. The normalized spacial score (nSPS) is 17.7. The van der Waals surface area contributed by atoms with Crippen LogP contribution >= 0.6 is 7.82 Å². The lowest BCUT2D eigenvalue weighted by Crippen LogP contribution is -2.29. The number of carbonyl (C=O) groups excluding carboxylic acids is 2. The second-order valence-corrected chi connectivity index (χ2v) is 15.3. The molecule has 1 aliphatic heterocycles. The standard InChI is InChI=1S/C43H74NO9P/c1-3-5-7-9-11-13-14-15-16-17-18-20-22-24-30-34-43(46)52-39(38-51-54(47,48)50-36-35-44)37-49-42(45)33-29-26-25-28-32-41-40(53-41)31-27-23-21-19-12-10-8-6-4-2/h11-13,15-16,19,23,25,27-28,39-41H,3-10,14,17-18,20-22,24,26,29-38,44H2,1-2H3,(H,47,48)/b13-11-,16-15-,19-12-,27-23-,28-25-/t39-,40?,41?/m1/s1. The average molecular weight is 780 g/mol. The van der Waals surface area contributed by atoms with Gasteiger partial charge in [0.1, 0.15) is 6.61 Å². The third-order valence-electron chi connectivity index (χ3n) is 8.78. The van der Waals surface area contributed by atoms with E-state index >= 15 is 0 Å². The topological polar surface area (TPSA) is 147 Å². The van der Waals surface area contributed by atoms with E-state index in [4.69, 9.17) is 29.0 Å². The highest BCUT2D eigenvalue weighted by Crippen LogP contribution is 2.43. The Balaban J connectivity index is 2.26. The SMILES string of the molecule is CCCCC/C=C\C/C=C\CCCCCCCC(=O)O[C@H](COC(=O)CCC/C=C\CC1OC1C/C=C\C/C=C\CCCCC)COP(=O)(O)OCCN. The summed E-state index contributed by atoms with van der Waals surface area (Å²) in [5, 5.41) is 0. The number of unbranched alkanes of at least 4 members (excludes halogenated alkanes) is 12. The molecular formula is C43H74NO9P. The van der Waals surface area contributed by atoms with Crippen molar-refractivity contribution in [3.63, 3.8) is 0 Å². The van der Waals surface area contributed by atoms with Gasteiger partial charge in [-0.05, 0) is 83.5 Å². The molecule has 0 spiro atoms. The first kappa shape index (κ1) is 49.7. The van der Waals surface area contributed by atoms with Gasteiger partial charge in [0.25, 0.3) is 0 Å². The highest BCUT2D eigenvalue weighted by Gasteiger charge is 2.36. The molecule has 0 radical (unpaired) electrons. The zero-order chi connectivity index (χ0) is 39.4. The molecule has 1 aliphatic rings. The fourth-order valence-corrected chi connectivity index (χ4v) is 6.29. The van der Waals surface area contributed by atoms with Gasteiger partial charge in [0.15, 0.2) is 6.10 Å². The van der Waals surface area contributed by atoms with Crippen LogP contribution in [0.15, 0.2) is 60.8 Å². The summed E-state index contributed by atoms with van der Waals surface area (Å²) < 4.78 is 38.4. The Morgan fingerprint density at radius 3 is 1.76 bits per heavy atom. The Hall–Kier alpha value is -2.33. The molecule has 1 fully saturated rings. The highest BCUT2D eigenvalue weighted by molar-refractivity contribution is 7.47. The van der Waals surface area contributed by atoms with Crippen LogP contribution in [0.4, 0.5) is 0 Å². The Morgan fingerprint density at radius 2 is 1.15 bits per heavy atom. The molecule has 3 N–H and O–H groups in total. The maximum absolute atomic E-state index is 12.6. The van der Waals surface area contributed by atoms with Crippen LogP contribution in [-0.4, -0.2) is 61.5 Å². The minimum absolute atomic E-state index is 0.0384.